The summed E-state index contributed by atoms with van der Waals surface area (Å²) in [6, 6.07) is 4.42. The molecule has 0 aliphatic carbocycles. The van der Waals surface area contributed by atoms with Crippen molar-refractivity contribution in [3.05, 3.63) is 24.0 Å². The van der Waals surface area contributed by atoms with E-state index in [4.69, 9.17) is 0 Å². The lowest BCUT2D eigenvalue weighted by molar-refractivity contribution is 0.0800. The monoisotopic (exact) mass is 249 g/mol. The molecule has 100 valence electrons. The molecular weight excluding hydrogens is 226 g/mol. The molecule has 4 nitrogen and oxygen atoms in total. The quantitative estimate of drug-likeness (QED) is 0.752. The molecule has 1 aliphatic heterocycles. The average molecular weight is 249 g/mol. The van der Waals surface area contributed by atoms with Gasteiger partial charge in [0.05, 0.1) is 12.2 Å². The summed E-state index contributed by atoms with van der Waals surface area (Å²) in [6.45, 7) is 9.12. The van der Waals surface area contributed by atoms with Gasteiger partial charge in [0.2, 0.25) is 0 Å². The van der Waals surface area contributed by atoms with Crippen molar-refractivity contribution in [1.29, 1.82) is 0 Å². The lowest BCUT2D eigenvalue weighted by Crippen LogP contribution is -2.50. The zero-order valence-corrected chi connectivity index (χ0v) is 11.6. The number of aryl methyl sites for hydroxylation is 1. The maximum absolute atomic E-state index is 12.1. The van der Waals surface area contributed by atoms with E-state index in [9.17, 15) is 4.79 Å². The summed E-state index contributed by atoms with van der Waals surface area (Å²) in [6.07, 6.45) is 1.92. The first-order valence-electron chi connectivity index (χ1n) is 6.69. The van der Waals surface area contributed by atoms with Crippen LogP contribution in [0.5, 0.6) is 0 Å². The first-order valence-corrected chi connectivity index (χ1v) is 6.69. The average Bonchev–Trinajstić information content (AvgIpc) is 2.76. The molecule has 2 rings (SSSR count). The van der Waals surface area contributed by atoms with Crippen LogP contribution in [0.3, 0.4) is 0 Å². The fourth-order valence-electron chi connectivity index (χ4n) is 2.47. The minimum Gasteiger partial charge on any atom is -0.348 e. The van der Waals surface area contributed by atoms with Crippen molar-refractivity contribution in [2.24, 2.45) is 7.05 Å². The molecule has 2 heterocycles. The Morgan fingerprint density at radius 2 is 1.94 bits per heavy atom. The van der Waals surface area contributed by atoms with Gasteiger partial charge >= 0.3 is 0 Å². The Labute approximate surface area is 109 Å². The summed E-state index contributed by atoms with van der Waals surface area (Å²) in [5, 5.41) is 0. The van der Waals surface area contributed by atoms with E-state index in [0.717, 1.165) is 31.9 Å². The molecule has 0 N–H and O–H groups in total. The first kappa shape index (κ1) is 13.3. The van der Waals surface area contributed by atoms with Gasteiger partial charge in [0.1, 0.15) is 0 Å². The SMILES string of the molecule is CC(C)N1CCN(CC(=O)c2cccn2C)CC1. The van der Waals surface area contributed by atoms with Crippen LogP contribution in [0.15, 0.2) is 18.3 Å². The van der Waals surface area contributed by atoms with E-state index in [1.807, 2.05) is 29.9 Å². The van der Waals surface area contributed by atoms with Crippen LogP contribution in [0.1, 0.15) is 24.3 Å². The Kier molecular flexibility index (Phi) is 4.19. The molecule has 1 aromatic heterocycles. The summed E-state index contributed by atoms with van der Waals surface area (Å²) >= 11 is 0. The lowest BCUT2D eigenvalue weighted by atomic mass is 10.2. The molecule has 0 bridgehead atoms. The van der Waals surface area contributed by atoms with Crippen LogP contribution in [-0.4, -0.2) is 58.9 Å². The highest BCUT2D eigenvalue weighted by atomic mass is 16.1. The Balaban J connectivity index is 1.85. The Morgan fingerprint density at radius 3 is 2.44 bits per heavy atom. The molecule has 1 saturated heterocycles. The van der Waals surface area contributed by atoms with Gasteiger partial charge in [-0.3, -0.25) is 14.6 Å². The zero-order chi connectivity index (χ0) is 13.1. The minimum absolute atomic E-state index is 0.223. The van der Waals surface area contributed by atoms with Crippen LogP contribution >= 0.6 is 0 Å². The lowest BCUT2D eigenvalue weighted by Gasteiger charge is -2.36. The third kappa shape index (κ3) is 3.00. The number of ketones is 1. The highest BCUT2D eigenvalue weighted by Gasteiger charge is 2.21. The molecule has 0 aromatic carbocycles. The van der Waals surface area contributed by atoms with E-state index in [1.54, 1.807) is 0 Å². The van der Waals surface area contributed by atoms with Gasteiger partial charge in [0.15, 0.2) is 5.78 Å². The number of aromatic nitrogens is 1. The van der Waals surface area contributed by atoms with Crippen molar-refractivity contribution in [2.75, 3.05) is 32.7 Å². The number of piperazine rings is 1. The van der Waals surface area contributed by atoms with E-state index in [1.165, 1.54) is 0 Å². The number of hydrogen-bond donors (Lipinski definition) is 0. The maximum Gasteiger partial charge on any atom is 0.193 e. The topological polar surface area (TPSA) is 28.5 Å². The van der Waals surface area contributed by atoms with Gasteiger partial charge in [-0.1, -0.05) is 0 Å². The van der Waals surface area contributed by atoms with Gasteiger partial charge in [-0.15, -0.1) is 0 Å². The number of carbonyl (C=O) groups is 1. The van der Waals surface area contributed by atoms with Crippen molar-refractivity contribution in [2.45, 2.75) is 19.9 Å². The predicted molar refractivity (Wildman–Crippen MR) is 72.9 cm³/mol. The second-order valence-electron chi connectivity index (χ2n) is 5.33. The molecule has 4 heteroatoms. The van der Waals surface area contributed by atoms with Gasteiger partial charge in [0, 0.05) is 45.5 Å². The largest absolute Gasteiger partial charge is 0.348 e. The van der Waals surface area contributed by atoms with Crippen molar-refractivity contribution >= 4 is 5.78 Å². The molecule has 0 amide bonds. The Bertz CT molecular complexity index is 403. The second kappa shape index (κ2) is 5.67. The summed E-state index contributed by atoms with van der Waals surface area (Å²) in [5.41, 5.74) is 0.807. The normalized spacial score (nSPS) is 18.4. The van der Waals surface area contributed by atoms with Crippen LogP contribution in [0.4, 0.5) is 0 Å². The van der Waals surface area contributed by atoms with Crippen LogP contribution in [0.25, 0.3) is 0 Å². The van der Waals surface area contributed by atoms with Gasteiger partial charge in [-0.05, 0) is 26.0 Å². The van der Waals surface area contributed by atoms with Gasteiger partial charge in [-0.25, -0.2) is 0 Å². The minimum atomic E-state index is 0.223. The molecule has 0 radical (unpaired) electrons. The molecule has 0 spiro atoms. The highest BCUT2D eigenvalue weighted by molar-refractivity contribution is 5.96. The molecule has 0 saturated carbocycles. The van der Waals surface area contributed by atoms with E-state index in [2.05, 4.69) is 23.6 Å². The van der Waals surface area contributed by atoms with E-state index in [0.29, 0.717) is 12.6 Å². The Morgan fingerprint density at radius 1 is 1.28 bits per heavy atom. The molecule has 18 heavy (non-hydrogen) atoms. The van der Waals surface area contributed by atoms with Crippen molar-refractivity contribution in [1.82, 2.24) is 14.4 Å². The molecular formula is C14H23N3O. The van der Waals surface area contributed by atoms with Crippen molar-refractivity contribution in [3.8, 4) is 0 Å². The van der Waals surface area contributed by atoms with Crippen LogP contribution in [-0.2, 0) is 7.05 Å². The van der Waals surface area contributed by atoms with Crippen LogP contribution in [0.2, 0.25) is 0 Å². The van der Waals surface area contributed by atoms with Crippen LogP contribution in [0, 0.1) is 0 Å². The van der Waals surface area contributed by atoms with E-state index < -0.39 is 0 Å². The van der Waals surface area contributed by atoms with E-state index >= 15 is 0 Å². The highest BCUT2D eigenvalue weighted by Crippen LogP contribution is 2.08. The smallest absolute Gasteiger partial charge is 0.193 e. The number of carbonyl (C=O) groups excluding carboxylic acids is 1. The third-order valence-corrected chi connectivity index (χ3v) is 3.73. The third-order valence-electron chi connectivity index (χ3n) is 3.73. The fourth-order valence-corrected chi connectivity index (χ4v) is 2.47. The predicted octanol–water partition coefficient (Wildman–Crippen LogP) is 1.23. The fraction of sp³-hybridized carbons (Fsp3) is 0.643. The first-order chi connectivity index (χ1) is 8.58. The zero-order valence-electron chi connectivity index (χ0n) is 11.6. The van der Waals surface area contributed by atoms with Crippen molar-refractivity contribution < 1.29 is 4.79 Å². The summed E-state index contributed by atoms with van der Waals surface area (Å²) in [7, 11) is 1.92. The molecule has 0 unspecified atom stereocenters. The molecule has 0 atom stereocenters. The van der Waals surface area contributed by atoms with Gasteiger partial charge < -0.3 is 4.57 Å². The number of rotatable bonds is 4. The molecule has 1 fully saturated rings. The van der Waals surface area contributed by atoms with Crippen molar-refractivity contribution in [3.63, 3.8) is 0 Å². The number of hydrogen-bond acceptors (Lipinski definition) is 3. The molecule has 1 aliphatic rings. The number of nitrogens with zero attached hydrogens (tertiary/aromatic N) is 3. The van der Waals surface area contributed by atoms with E-state index in [-0.39, 0.29) is 5.78 Å². The second-order valence-corrected chi connectivity index (χ2v) is 5.33. The molecule has 1 aromatic rings. The summed E-state index contributed by atoms with van der Waals surface area (Å²) in [4.78, 5) is 16.9. The van der Waals surface area contributed by atoms with Gasteiger partial charge in [0.25, 0.3) is 0 Å². The van der Waals surface area contributed by atoms with Gasteiger partial charge in [-0.2, -0.15) is 0 Å². The van der Waals surface area contributed by atoms with Crippen LogP contribution < -0.4 is 0 Å². The summed E-state index contributed by atoms with van der Waals surface area (Å²) < 4.78 is 1.90. The maximum atomic E-state index is 12.1. The summed E-state index contributed by atoms with van der Waals surface area (Å²) in [5.74, 6) is 0.223. The number of Topliss-reactive ketones (excluding diaryl/α,β-unsaturated/α-hetero) is 1. The standard InChI is InChI=1S/C14H23N3O/c1-12(2)17-9-7-16(8-10-17)11-14(18)13-5-4-6-15(13)3/h4-6,12H,7-11H2,1-3H3. The Hall–Kier alpha value is -1.13.